The summed E-state index contributed by atoms with van der Waals surface area (Å²) in [5.74, 6) is 0.424. The monoisotopic (exact) mass is 235 g/mol. The number of nitrogens with zero attached hydrogens (tertiary/aromatic N) is 2. The van der Waals surface area contributed by atoms with Crippen LogP contribution in [0.2, 0.25) is 0 Å². The van der Waals surface area contributed by atoms with Crippen LogP contribution in [0.1, 0.15) is 15.3 Å². The van der Waals surface area contributed by atoms with Crippen LogP contribution in [-0.2, 0) is 4.74 Å². The zero-order chi connectivity index (χ0) is 12.5. The van der Waals surface area contributed by atoms with E-state index in [-0.39, 0.29) is 12.4 Å². The number of anilines is 1. The maximum Gasteiger partial charge on any atom is 0.290 e. The molecule has 0 aliphatic carbocycles. The van der Waals surface area contributed by atoms with Crippen molar-refractivity contribution in [3.63, 3.8) is 0 Å². The van der Waals surface area contributed by atoms with Gasteiger partial charge in [0.2, 0.25) is 0 Å². The van der Waals surface area contributed by atoms with Crippen LogP contribution in [-0.4, -0.2) is 44.1 Å². The molecule has 17 heavy (non-hydrogen) atoms. The highest BCUT2D eigenvalue weighted by Gasteiger charge is 2.49. The number of hydrogen-bond donors (Lipinski definition) is 1. The average Bonchev–Trinajstić information content (AvgIpc) is 2.22. The Labute approximate surface area is 103 Å². The van der Waals surface area contributed by atoms with E-state index in [0.29, 0.717) is 11.4 Å². The Morgan fingerprint density at radius 2 is 2.18 bits per heavy atom. The summed E-state index contributed by atoms with van der Waals surface area (Å²) in [6, 6.07) is 0. The fourth-order valence-electron chi connectivity index (χ4n) is 2.11. The fourth-order valence-corrected chi connectivity index (χ4v) is 2.11. The third-order valence-electron chi connectivity index (χ3n) is 2.96. The first-order chi connectivity index (χ1) is 8.19. The average molecular weight is 235 g/mol. The Bertz CT molecular complexity index is 454. The predicted octanol–water partition coefficient (Wildman–Crippen LogP) is -0.327. The first-order valence-electron chi connectivity index (χ1n) is 5.86. The first-order valence-corrected chi connectivity index (χ1v) is 5.86. The second-order valence-corrected chi connectivity index (χ2v) is 4.33. The van der Waals surface area contributed by atoms with Gasteiger partial charge in [-0.15, -0.1) is 0 Å². The van der Waals surface area contributed by atoms with Crippen molar-refractivity contribution in [2.75, 3.05) is 31.2 Å². The van der Waals surface area contributed by atoms with Gasteiger partial charge in [-0.25, -0.2) is 4.98 Å². The molecule has 5 nitrogen and oxygen atoms in total. The first kappa shape index (κ1) is 12.2. The van der Waals surface area contributed by atoms with Gasteiger partial charge in [-0.2, -0.15) is 0 Å². The van der Waals surface area contributed by atoms with Gasteiger partial charge in [0.25, 0.3) is 5.56 Å². The lowest BCUT2D eigenvalue weighted by atomic mass is 9.78. The third kappa shape index (κ3) is 2.09. The van der Waals surface area contributed by atoms with E-state index < -0.39 is 0 Å². The Morgan fingerprint density at radius 1 is 1.53 bits per heavy atom. The quantitative estimate of drug-likeness (QED) is 0.677. The SMILES string of the molecule is CC.[B]c1c[nH]c(=O)c(N2CC3(COC3)C2)n1.[HH]. The molecular formula is C11H18BN3O2. The van der Waals surface area contributed by atoms with Crippen LogP contribution >= 0.6 is 0 Å². The van der Waals surface area contributed by atoms with Crippen molar-refractivity contribution in [3.05, 3.63) is 16.6 Å². The van der Waals surface area contributed by atoms with Gasteiger partial charge in [0.15, 0.2) is 5.82 Å². The number of rotatable bonds is 1. The molecular weight excluding hydrogens is 217 g/mol. The van der Waals surface area contributed by atoms with E-state index in [4.69, 9.17) is 12.6 Å². The van der Waals surface area contributed by atoms with Crippen LogP contribution in [0.3, 0.4) is 0 Å². The van der Waals surface area contributed by atoms with E-state index in [0.717, 1.165) is 26.3 Å². The summed E-state index contributed by atoms with van der Waals surface area (Å²) in [6.45, 7) is 7.27. The van der Waals surface area contributed by atoms with Gasteiger partial charge in [-0.05, 0) is 0 Å². The van der Waals surface area contributed by atoms with Gasteiger partial charge in [0.05, 0.1) is 18.6 Å². The van der Waals surface area contributed by atoms with Crippen LogP contribution in [0.25, 0.3) is 0 Å². The van der Waals surface area contributed by atoms with Crippen LogP contribution in [0.4, 0.5) is 5.82 Å². The Kier molecular flexibility index (Phi) is 3.24. The highest BCUT2D eigenvalue weighted by atomic mass is 16.5. The second kappa shape index (κ2) is 4.53. The van der Waals surface area contributed by atoms with Crippen LogP contribution in [0.15, 0.2) is 11.0 Å². The van der Waals surface area contributed by atoms with Crippen molar-refractivity contribution in [3.8, 4) is 0 Å². The number of ether oxygens (including phenoxy) is 1. The molecule has 0 atom stereocenters. The molecule has 2 fully saturated rings. The standard InChI is InChI=1S/C9H10BN3O2.C2H6.H2/c10-6-1-11-8(14)7(12-6)13-2-9(3-13)4-15-5-9;1-2;/h1H,2-5H2,(H,11,14);1-2H3;1H. The largest absolute Gasteiger partial charge is 0.380 e. The topological polar surface area (TPSA) is 58.2 Å². The van der Waals surface area contributed by atoms with Gasteiger partial charge in [0.1, 0.15) is 7.85 Å². The lowest BCUT2D eigenvalue weighted by molar-refractivity contribution is -0.127. The van der Waals surface area contributed by atoms with E-state index >= 15 is 0 Å². The van der Waals surface area contributed by atoms with Crippen molar-refractivity contribution in [1.82, 2.24) is 9.97 Å². The molecule has 6 heteroatoms. The van der Waals surface area contributed by atoms with Gasteiger partial charge >= 0.3 is 0 Å². The minimum absolute atomic E-state index is 0. The molecule has 1 N–H and O–H groups in total. The molecule has 0 saturated carbocycles. The summed E-state index contributed by atoms with van der Waals surface area (Å²) >= 11 is 0. The maximum absolute atomic E-state index is 11.5. The number of aromatic amines is 1. The van der Waals surface area contributed by atoms with Crippen molar-refractivity contribution in [1.29, 1.82) is 0 Å². The molecule has 3 rings (SSSR count). The van der Waals surface area contributed by atoms with Gasteiger partial charge in [-0.1, -0.05) is 13.8 Å². The molecule has 1 aromatic heterocycles. The maximum atomic E-state index is 11.5. The minimum Gasteiger partial charge on any atom is -0.380 e. The number of nitrogens with one attached hydrogen (secondary N) is 1. The third-order valence-corrected chi connectivity index (χ3v) is 2.96. The van der Waals surface area contributed by atoms with Crippen molar-refractivity contribution >= 4 is 19.3 Å². The molecule has 3 heterocycles. The van der Waals surface area contributed by atoms with Crippen molar-refractivity contribution in [2.24, 2.45) is 5.41 Å². The summed E-state index contributed by atoms with van der Waals surface area (Å²) in [6.07, 6.45) is 1.41. The predicted molar refractivity (Wildman–Crippen MR) is 69.2 cm³/mol. The fraction of sp³-hybridized carbons (Fsp3) is 0.636. The van der Waals surface area contributed by atoms with Gasteiger partial charge in [-0.3, -0.25) is 4.79 Å². The van der Waals surface area contributed by atoms with E-state index in [1.165, 1.54) is 6.20 Å². The summed E-state index contributed by atoms with van der Waals surface area (Å²) in [4.78, 5) is 20.0. The summed E-state index contributed by atoms with van der Waals surface area (Å²) in [5, 5.41) is 0. The van der Waals surface area contributed by atoms with Crippen molar-refractivity contribution in [2.45, 2.75) is 13.8 Å². The van der Waals surface area contributed by atoms with Crippen LogP contribution in [0, 0.1) is 5.41 Å². The second-order valence-electron chi connectivity index (χ2n) is 4.33. The number of hydrogen-bond acceptors (Lipinski definition) is 4. The van der Waals surface area contributed by atoms with Gasteiger partial charge in [0, 0.05) is 26.3 Å². The molecule has 0 bridgehead atoms. The zero-order valence-corrected chi connectivity index (χ0v) is 10.2. The molecule has 2 aliphatic heterocycles. The zero-order valence-electron chi connectivity index (χ0n) is 10.2. The molecule has 2 radical (unpaired) electrons. The molecule has 1 spiro atoms. The number of aromatic nitrogens is 2. The normalized spacial score (nSPS) is 20.0. The van der Waals surface area contributed by atoms with E-state index in [1.54, 1.807) is 0 Å². The molecule has 2 saturated heterocycles. The van der Waals surface area contributed by atoms with E-state index in [1.807, 2.05) is 18.7 Å². The molecule has 0 amide bonds. The highest BCUT2D eigenvalue weighted by Crippen LogP contribution is 2.38. The Hall–Kier alpha value is -1.30. The smallest absolute Gasteiger partial charge is 0.290 e. The van der Waals surface area contributed by atoms with E-state index in [9.17, 15) is 4.79 Å². The Balaban J connectivity index is 0.000000516. The summed E-state index contributed by atoms with van der Waals surface area (Å²) < 4.78 is 5.16. The van der Waals surface area contributed by atoms with E-state index in [2.05, 4.69) is 9.97 Å². The molecule has 0 unspecified atom stereocenters. The minimum atomic E-state index is -0.181. The lowest BCUT2D eigenvalue weighted by Gasteiger charge is -2.55. The Morgan fingerprint density at radius 3 is 2.71 bits per heavy atom. The summed E-state index contributed by atoms with van der Waals surface area (Å²) in [5.41, 5.74) is 0.438. The van der Waals surface area contributed by atoms with Crippen molar-refractivity contribution < 1.29 is 6.16 Å². The molecule has 2 aliphatic rings. The van der Waals surface area contributed by atoms with Gasteiger partial charge < -0.3 is 14.6 Å². The highest BCUT2D eigenvalue weighted by molar-refractivity contribution is 6.30. The lowest BCUT2D eigenvalue weighted by Crippen LogP contribution is -2.67. The van der Waals surface area contributed by atoms with Crippen LogP contribution < -0.4 is 16.1 Å². The summed E-state index contributed by atoms with van der Waals surface area (Å²) in [7, 11) is 5.53. The molecule has 0 aromatic carbocycles. The van der Waals surface area contributed by atoms with Crippen LogP contribution in [0.5, 0.6) is 0 Å². The molecule has 92 valence electrons. The molecule has 1 aromatic rings. The number of H-pyrrole nitrogens is 1.